The minimum atomic E-state index is -0.738. The molecule has 1 N–H and O–H groups in total. The van der Waals surface area contributed by atoms with Crippen molar-refractivity contribution in [3.8, 4) is 0 Å². The highest BCUT2D eigenvalue weighted by Crippen LogP contribution is 2.07. The Hall–Kier alpha value is -2.56. The van der Waals surface area contributed by atoms with Crippen LogP contribution in [0.4, 0.5) is 8.78 Å². The predicted octanol–water partition coefficient (Wildman–Crippen LogP) is 3.04. The number of rotatable bonds is 3. The number of benzene rings is 2. The van der Waals surface area contributed by atoms with E-state index in [1.807, 2.05) is 6.92 Å². The zero-order chi connectivity index (χ0) is 14.5. The zero-order valence-corrected chi connectivity index (χ0v) is 10.7. The van der Waals surface area contributed by atoms with Crippen molar-refractivity contribution in [2.45, 2.75) is 6.92 Å². The number of nitrogens with one attached hydrogen (secondary N) is 1. The van der Waals surface area contributed by atoms with Crippen molar-refractivity contribution in [3.05, 3.63) is 70.8 Å². The number of nitrogens with zero attached hydrogens (tertiary/aromatic N) is 1. The second-order valence-corrected chi connectivity index (χ2v) is 4.23. The van der Waals surface area contributed by atoms with Crippen LogP contribution in [0.2, 0.25) is 0 Å². The Labute approximate surface area is 114 Å². The largest absolute Gasteiger partial charge is 0.271 e. The molecule has 0 atom stereocenters. The van der Waals surface area contributed by atoms with Gasteiger partial charge in [0.1, 0.15) is 11.6 Å². The molecule has 0 bridgehead atoms. The third kappa shape index (κ3) is 3.47. The molecule has 0 radical (unpaired) electrons. The molecule has 102 valence electrons. The van der Waals surface area contributed by atoms with E-state index < -0.39 is 17.5 Å². The van der Waals surface area contributed by atoms with Gasteiger partial charge in [0.05, 0.1) is 6.21 Å². The van der Waals surface area contributed by atoms with E-state index >= 15 is 0 Å². The van der Waals surface area contributed by atoms with Crippen LogP contribution in [0.15, 0.2) is 47.6 Å². The van der Waals surface area contributed by atoms with Crippen LogP contribution >= 0.6 is 0 Å². The lowest BCUT2D eigenvalue weighted by Gasteiger charge is -2.00. The van der Waals surface area contributed by atoms with Crippen LogP contribution < -0.4 is 5.43 Å². The number of aryl methyl sites for hydroxylation is 1. The van der Waals surface area contributed by atoms with E-state index in [4.69, 9.17) is 0 Å². The lowest BCUT2D eigenvalue weighted by atomic mass is 10.1. The Kier molecular flexibility index (Phi) is 4.20. The van der Waals surface area contributed by atoms with Crippen LogP contribution in [0.1, 0.15) is 21.5 Å². The minimum absolute atomic E-state index is 0.0932. The molecule has 0 spiro atoms. The lowest BCUT2D eigenvalue weighted by molar-refractivity contribution is 0.0955. The van der Waals surface area contributed by atoms with Crippen molar-refractivity contribution >= 4 is 12.1 Å². The summed E-state index contributed by atoms with van der Waals surface area (Å²) in [7, 11) is 0. The van der Waals surface area contributed by atoms with Crippen LogP contribution in [0.5, 0.6) is 0 Å². The molecular formula is C15H12F2N2O. The average Bonchev–Trinajstić information content (AvgIpc) is 2.42. The number of halogens is 2. The first kappa shape index (κ1) is 13.9. The highest BCUT2D eigenvalue weighted by atomic mass is 19.1. The predicted molar refractivity (Wildman–Crippen MR) is 72.6 cm³/mol. The molecule has 3 nitrogen and oxygen atoms in total. The molecule has 0 aliphatic heterocycles. The number of hydrazone groups is 1. The molecule has 0 fully saturated rings. The van der Waals surface area contributed by atoms with Gasteiger partial charge in [-0.15, -0.1) is 0 Å². The summed E-state index contributed by atoms with van der Waals surface area (Å²) in [5.41, 5.74) is 3.86. The fourth-order valence-electron chi connectivity index (χ4n) is 1.54. The standard InChI is InChI=1S/C15H12F2N2O/c1-10-2-4-11(5-3-10)15(20)19-18-9-12-6-7-13(16)8-14(12)17/h2-9H,1H3,(H,19,20)/b18-9-. The molecule has 5 heteroatoms. The van der Waals surface area contributed by atoms with Crippen LogP contribution in [0, 0.1) is 18.6 Å². The summed E-state index contributed by atoms with van der Waals surface area (Å²) >= 11 is 0. The third-order valence-corrected chi connectivity index (χ3v) is 2.65. The first-order valence-electron chi connectivity index (χ1n) is 5.91. The topological polar surface area (TPSA) is 41.5 Å². The SMILES string of the molecule is Cc1ccc(C(=O)N/N=C\c2ccc(F)cc2F)cc1. The highest BCUT2D eigenvalue weighted by molar-refractivity contribution is 5.94. The lowest BCUT2D eigenvalue weighted by Crippen LogP contribution is -2.17. The van der Waals surface area contributed by atoms with Crippen molar-refractivity contribution in [1.82, 2.24) is 5.43 Å². The van der Waals surface area contributed by atoms with E-state index in [0.717, 1.165) is 23.9 Å². The summed E-state index contributed by atoms with van der Waals surface area (Å²) in [6.45, 7) is 1.91. The zero-order valence-electron chi connectivity index (χ0n) is 10.7. The maximum atomic E-state index is 13.3. The summed E-state index contributed by atoms with van der Waals surface area (Å²) in [6.07, 6.45) is 1.13. The summed E-state index contributed by atoms with van der Waals surface area (Å²) in [6, 6.07) is 10.1. The molecule has 0 saturated heterocycles. The number of hydrogen-bond acceptors (Lipinski definition) is 2. The van der Waals surface area contributed by atoms with Crippen LogP contribution in [0.25, 0.3) is 0 Å². The van der Waals surface area contributed by atoms with E-state index in [-0.39, 0.29) is 5.56 Å². The second-order valence-electron chi connectivity index (χ2n) is 4.23. The number of amides is 1. The summed E-state index contributed by atoms with van der Waals surface area (Å²) < 4.78 is 26.0. The van der Waals surface area contributed by atoms with E-state index in [1.54, 1.807) is 24.3 Å². The summed E-state index contributed by atoms with van der Waals surface area (Å²) in [5, 5.41) is 3.64. The smallest absolute Gasteiger partial charge is 0.267 e. The minimum Gasteiger partial charge on any atom is -0.267 e. The van der Waals surface area contributed by atoms with Gasteiger partial charge in [-0.2, -0.15) is 5.10 Å². The van der Waals surface area contributed by atoms with E-state index in [9.17, 15) is 13.6 Å². The number of carbonyl (C=O) groups excluding carboxylic acids is 1. The molecule has 0 unspecified atom stereocenters. The normalized spacial score (nSPS) is 10.8. The van der Waals surface area contributed by atoms with E-state index in [0.29, 0.717) is 5.56 Å². The third-order valence-electron chi connectivity index (χ3n) is 2.65. The molecule has 2 rings (SSSR count). The van der Waals surface area contributed by atoms with Gasteiger partial charge in [-0.1, -0.05) is 17.7 Å². The van der Waals surface area contributed by atoms with Crippen LogP contribution in [0.3, 0.4) is 0 Å². The van der Waals surface area contributed by atoms with Gasteiger partial charge >= 0.3 is 0 Å². The van der Waals surface area contributed by atoms with Crippen molar-refractivity contribution < 1.29 is 13.6 Å². The van der Waals surface area contributed by atoms with Gasteiger partial charge in [-0.3, -0.25) is 4.79 Å². The van der Waals surface area contributed by atoms with Gasteiger partial charge in [0.25, 0.3) is 5.91 Å². The Morgan fingerprint density at radius 3 is 2.50 bits per heavy atom. The first-order chi connectivity index (χ1) is 9.56. The Bertz CT molecular complexity index is 651. The van der Waals surface area contributed by atoms with Crippen molar-refractivity contribution in [1.29, 1.82) is 0 Å². The molecule has 2 aromatic rings. The Morgan fingerprint density at radius 2 is 1.85 bits per heavy atom. The van der Waals surface area contributed by atoms with E-state index in [2.05, 4.69) is 10.5 Å². The maximum absolute atomic E-state index is 13.3. The Morgan fingerprint density at radius 1 is 1.15 bits per heavy atom. The maximum Gasteiger partial charge on any atom is 0.271 e. The molecule has 20 heavy (non-hydrogen) atoms. The fraction of sp³-hybridized carbons (Fsp3) is 0.0667. The fourth-order valence-corrected chi connectivity index (χ4v) is 1.54. The van der Waals surface area contributed by atoms with Crippen molar-refractivity contribution in [2.75, 3.05) is 0 Å². The monoisotopic (exact) mass is 274 g/mol. The van der Waals surface area contributed by atoms with E-state index in [1.165, 1.54) is 6.07 Å². The first-order valence-corrected chi connectivity index (χ1v) is 5.91. The second kappa shape index (κ2) is 6.06. The van der Waals surface area contributed by atoms with Gasteiger partial charge in [-0.05, 0) is 31.2 Å². The van der Waals surface area contributed by atoms with Crippen LogP contribution in [-0.4, -0.2) is 12.1 Å². The molecule has 0 aliphatic carbocycles. The Balaban J connectivity index is 2.02. The van der Waals surface area contributed by atoms with Gasteiger partial charge < -0.3 is 0 Å². The molecule has 2 aromatic carbocycles. The molecular weight excluding hydrogens is 262 g/mol. The summed E-state index contributed by atoms with van der Waals surface area (Å²) in [5.74, 6) is -1.80. The highest BCUT2D eigenvalue weighted by Gasteiger charge is 2.04. The van der Waals surface area contributed by atoms with Crippen molar-refractivity contribution in [3.63, 3.8) is 0 Å². The van der Waals surface area contributed by atoms with Gasteiger partial charge in [-0.25, -0.2) is 14.2 Å². The van der Waals surface area contributed by atoms with Gasteiger partial charge in [0.2, 0.25) is 0 Å². The molecule has 0 aromatic heterocycles. The molecule has 1 amide bonds. The number of hydrogen-bond donors (Lipinski definition) is 1. The van der Waals surface area contributed by atoms with Gasteiger partial charge in [0, 0.05) is 17.2 Å². The summed E-state index contributed by atoms with van der Waals surface area (Å²) in [4.78, 5) is 11.7. The van der Waals surface area contributed by atoms with Gasteiger partial charge in [0.15, 0.2) is 0 Å². The molecule has 0 saturated carbocycles. The molecule has 0 aliphatic rings. The quantitative estimate of drug-likeness (QED) is 0.678. The average molecular weight is 274 g/mol. The van der Waals surface area contributed by atoms with Crippen LogP contribution in [-0.2, 0) is 0 Å². The van der Waals surface area contributed by atoms with Crippen molar-refractivity contribution in [2.24, 2.45) is 5.10 Å². The molecule has 0 heterocycles. The number of carbonyl (C=O) groups is 1.